The van der Waals surface area contributed by atoms with E-state index in [9.17, 15) is 0 Å². The van der Waals surface area contributed by atoms with E-state index in [2.05, 4.69) is 70.1 Å². The fraction of sp³-hybridized carbons (Fsp3) is 0.500. The molecule has 0 atom stereocenters. The molecule has 0 amide bonds. The third-order valence-electron chi connectivity index (χ3n) is 3.24. The molecule has 0 spiro atoms. The second-order valence-corrected chi connectivity index (χ2v) is 6.06. The molecule has 0 aliphatic rings. The van der Waals surface area contributed by atoms with Crippen LogP contribution in [0.3, 0.4) is 0 Å². The summed E-state index contributed by atoms with van der Waals surface area (Å²) in [6, 6.07) is 8.49. The van der Waals surface area contributed by atoms with Gasteiger partial charge in [0.15, 0.2) is 0 Å². The summed E-state index contributed by atoms with van der Waals surface area (Å²) in [6.07, 6.45) is 3.55. The Morgan fingerprint density at radius 1 is 1.25 bits per heavy atom. The van der Waals surface area contributed by atoms with Crippen molar-refractivity contribution in [1.29, 1.82) is 0 Å². The van der Waals surface area contributed by atoms with E-state index in [1.54, 1.807) is 0 Å². The van der Waals surface area contributed by atoms with E-state index >= 15 is 0 Å². The van der Waals surface area contributed by atoms with Crippen molar-refractivity contribution in [3.63, 3.8) is 0 Å². The van der Waals surface area contributed by atoms with E-state index in [0.717, 1.165) is 37.1 Å². The minimum Gasteiger partial charge on any atom is -0.379 e. The summed E-state index contributed by atoms with van der Waals surface area (Å²) >= 11 is 3.59. The number of halogens is 1. The van der Waals surface area contributed by atoms with Crippen LogP contribution in [-0.4, -0.2) is 30.4 Å². The topological polar surface area (TPSA) is 26.2 Å². The molecule has 1 N–H and O–H groups in total. The molecule has 0 aliphatic carbocycles. The molecular formula is C16H23BrN2O. The van der Waals surface area contributed by atoms with Gasteiger partial charge < -0.3 is 14.6 Å². The van der Waals surface area contributed by atoms with Crippen LogP contribution in [0.5, 0.6) is 0 Å². The zero-order valence-electron chi connectivity index (χ0n) is 12.2. The molecular weight excluding hydrogens is 316 g/mol. The number of hydrogen-bond donors (Lipinski definition) is 1. The molecule has 3 nitrogen and oxygen atoms in total. The molecule has 1 aromatic carbocycles. The van der Waals surface area contributed by atoms with Gasteiger partial charge in [0.1, 0.15) is 0 Å². The maximum absolute atomic E-state index is 5.51. The van der Waals surface area contributed by atoms with Crippen molar-refractivity contribution >= 4 is 26.8 Å². The van der Waals surface area contributed by atoms with Gasteiger partial charge in [-0.3, -0.25) is 0 Å². The van der Waals surface area contributed by atoms with E-state index in [1.165, 1.54) is 10.9 Å². The van der Waals surface area contributed by atoms with Crippen LogP contribution in [0.25, 0.3) is 10.9 Å². The van der Waals surface area contributed by atoms with Gasteiger partial charge in [0.05, 0.1) is 6.10 Å². The largest absolute Gasteiger partial charge is 0.379 e. The zero-order chi connectivity index (χ0) is 14.4. The van der Waals surface area contributed by atoms with Gasteiger partial charge in [0.2, 0.25) is 0 Å². The van der Waals surface area contributed by atoms with Crippen LogP contribution in [0, 0.1) is 0 Å². The van der Waals surface area contributed by atoms with Crippen molar-refractivity contribution in [1.82, 2.24) is 9.88 Å². The molecule has 0 saturated carbocycles. The zero-order valence-corrected chi connectivity index (χ0v) is 13.8. The SMILES string of the molecule is CC(C)OCCCNCCn1ccc2c(Br)cccc21. The molecule has 4 heteroatoms. The highest BCUT2D eigenvalue weighted by atomic mass is 79.9. The standard InChI is InChI=1S/C16H23BrN2O/c1-13(2)20-12-4-8-18-9-11-19-10-7-14-15(17)5-3-6-16(14)19/h3,5-7,10,13,18H,4,8-9,11-12H2,1-2H3. The second-order valence-electron chi connectivity index (χ2n) is 5.20. The summed E-state index contributed by atoms with van der Waals surface area (Å²) in [5.74, 6) is 0. The maximum Gasteiger partial charge on any atom is 0.0518 e. The van der Waals surface area contributed by atoms with Crippen molar-refractivity contribution in [3.05, 3.63) is 34.9 Å². The van der Waals surface area contributed by atoms with Crippen molar-refractivity contribution in [2.45, 2.75) is 32.9 Å². The Labute approximate surface area is 129 Å². The molecule has 0 aliphatic heterocycles. The lowest BCUT2D eigenvalue weighted by atomic mass is 10.2. The van der Waals surface area contributed by atoms with Crippen molar-refractivity contribution in [2.75, 3.05) is 19.7 Å². The molecule has 110 valence electrons. The minimum absolute atomic E-state index is 0.333. The molecule has 0 fully saturated rings. The average Bonchev–Trinajstić information content (AvgIpc) is 2.82. The fourth-order valence-corrected chi connectivity index (χ4v) is 2.71. The molecule has 0 unspecified atom stereocenters. The number of benzene rings is 1. The molecule has 1 aromatic heterocycles. The van der Waals surface area contributed by atoms with Gasteiger partial charge in [-0.25, -0.2) is 0 Å². The van der Waals surface area contributed by atoms with Crippen LogP contribution in [0.15, 0.2) is 34.9 Å². The Hall–Kier alpha value is -0.840. The lowest BCUT2D eigenvalue weighted by Crippen LogP contribution is -2.22. The Morgan fingerprint density at radius 3 is 2.90 bits per heavy atom. The summed E-state index contributed by atoms with van der Waals surface area (Å²) in [7, 11) is 0. The second kappa shape index (κ2) is 7.81. The van der Waals surface area contributed by atoms with Gasteiger partial charge >= 0.3 is 0 Å². The van der Waals surface area contributed by atoms with E-state index in [1.807, 2.05) is 0 Å². The normalized spacial score (nSPS) is 11.6. The number of aromatic nitrogens is 1. The summed E-state index contributed by atoms with van der Waals surface area (Å²) in [6.45, 7) is 7.97. The smallest absolute Gasteiger partial charge is 0.0518 e. The first-order valence-electron chi connectivity index (χ1n) is 7.24. The van der Waals surface area contributed by atoms with Crippen LogP contribution >= 0.6 is 15.9 Å². The van der Waals surface area contributed by atoms with Crippen LogP contribution in [0.4, 0.5) is 0 Å². The van der Waals surface area contributed by atoms with E-state index in [0.29, 0.717) is 6.10 Å². The van der Waals surface area contributed by atoms with Gasteiger partial charge in [-0.05, 0) is 45.0 Å². The number of fused-ring (bicyclic) bond motifs is 1. The predicted molar refractivity (Wildman–Crippen MR) is 88.2 cm³/mol. The van der Waals surface area contributed by atoms with Gasteiger partial charge in [0, 0.05) is 41.3 Å². The Balaban J connectivity index is 1.72. The summed E-state index contributed by atoms with van der Waals surface area (Å²) in [5, 5.41) is 4.74. The molecule has 0 radical (unpaired) electrons. The van der Waals surface area contributed by atoms with Gasteiger partial charge in [-0.2, -0.15) is 0 Å². The Bertz CT molecular complexity index is 536. The lowest BCUT2D eigenvalue weighted by Gasteiger charge is -2.09. The van der Waals surface area contributed by atoms with E-state index < -0.39 is 0 Å². The van der Waals surface area contributed by atoms with Crippen molar-refractivity contribution in [2.24, 2.45) is 0 Å². The predicted octanol–water partition coefficient (Wildman–Crippen LogP) is 3.81. The molecule has 2 aromatic rings. The maximum atomic E-state index is 5.51. The fourth-order valence-electron chi connectivity index (χ4n) is 2.22. The van der Waals surface area contributed by atoms with Crippen LogP contribution in [-0.2, 0) is 11.3 Å². The van der Waals surface area contributed by atoms with Crippen molar-refractivity contribution < 1.29 is 4.74 Å². The number of nitrogens with one attached hydrogen (secondary N) is 1. The monoisotopic (exact) mass is 338 g/mol. The molecule has 0 bridgehead atoms. The lowest BCUT2D eigenvalue weighted by molar-refractivity contribution is 0.0771. The van der Waals surface area contributed by atoms with E-state index in [4.69, 9.17) is 4.74 Å². The van der Waals surface area contributed by atoms with Crippen LogP contribution < -0.4 is 5.32 Å². The Morgan fingerprint density at radius 2 is 2.10 bits per heavy atom. The highest BCUT2D eigenvalue weighted by molar-refractivity contribution is 9.10. The first-order chi connectivity index (χ1) is 9.68. The molecule has 20 heavy (non-hydrogen) atoms. The Kier molecular flexibility index (Phi) is 6.07. The van der Waals surface area contributed by atoms with Crippen LogP contribution in [0.2, 0.25) is 0 Å². The summed E-state index contributed by atoms with van der Waals surface area (Å²) in [5.41, 5.74) is 1.28. The highest BCUT2D eigenvalue weighted by Crippen LogP contribution is 2.24. The van der Waals surface area contributed by atoms with Gasteiger partial charge in [0.25, 0.3) is 0 Å². The average molecular weight is 339 g/mol. The summed E-state index contributed by atoms with van der Waals surface area (Å²) < 4.78 is 8.96. The third-order valence-corrected chi connectivity index (χ3v) is 3.93. The van der Waals surface area contributed by atoms with Gasteiger partial charge in [-0.15, -0.1) is 0 Å². The molecule has 0 saturated heterocycles. The number of rotatable bonds is 8. The van der Waals surface area contributed by atoms with E-state index in [-0.39, 0.29) is 0 Å². The highest BCUT2D eigenvalue weighted by Gasteiger charge is 2.03. The molecule has 1 heterocycles. The quantitative estimate of drug-likeness (QED) is 0.740. The number of hydrogen-bond acceptors (Lipinski definition) is 2. The first kappa shape index (κ1) is 15.5. The number of nitrogens with zero attached hydrogens (tertiary/aromatic N) is 1. The molecule has 2 rings (SSSR count). The third kappa shape index (κ3) is 4.33. The van der Waals surface area contributed by atoms with Crippen LogP contribution in [0.1, 0.15) is 20.3 Å². The minimum atomic E-state index is 0.333. The van der Waals surface area contributed by atoms with Gasteiger partial charge in [-0.1, -0.05) is 22.0 Å². The first-order valence-corrected chi connectivity index (χ1v) is 8.03. The van der Waals surface area contributed by atoms with Crippen molar-refractivity contribution in [3.8, 4) is 0 Å². The summed E-state index contributed by atoms with van der Waals surface area (Å²) in [4.78, 5) is 0. The number of ether oxygens (including phenoxy) is 1.